The fourth-order valence-electron chi connectivity index (χ4n) is 1.75. The maximum Gasteiger partial charge on any atom is 0.0235 e. The topological polar surface area (TPSA) is 3.24 Å². The van der Waals surface area contributed by atoms with Crippen molar-refractivity contribution < 1.29 is 0 Å². The first-order valence-corrected chi connectivity index (χ1v) is 6.14. The van der Waals surface area contributed by atoms with E-state index in [1.807, 2.05) is 0 Å². The predicted octanol–water partition coefficient (Wildman–Crippen LogP) is 2.44. The summed E-state index contributed by atoms with van der Waals surface area (Å²) in [6.07, 6.45) is 1.13. The summed E-state index contributed by atoms with van der Waals surface area (Å²) in [7, 11) is 0. The smallest absolute Gasteiger partial charge is 0.0235 e. The Balaban J connectivity index is 2.24. The molecule has 1 fully saturated rings. The Labute approximate surface area is 84.8 Å². The summed E-state index contributed by atoms with van der Waals surface area (Å²) in [5, 5.41) is 1.59. The lowest BCUT2D eigenvalue weighted by Gasteiger charge is -2.34. The molecule has 1 heterocycles. The van der Waals surface area contributed by atoms with Crippen LogP contribution in [0.2, 0.25) is 0 Å². The lowest BCUT2D eigenvalue weighted by molar-refractivity contribution is 0.272. The van der Waals surface area contributed by atoms with Gasteiger partial charge in [0.05, 0.1) is 0 Å². The second kappa shape index (κ2) is 5.36. The second-order valence-electron chi connectivity index (χ2n) is 3.56. The maximum atomic E-state index is 5.66. The molecule has 0 aromatic heterocycles. The van der Waals surface area contributed by atoms with Gasteiger partial charge in [-0.25, -0.2) is 0 Å². The Hall–Kier alpha value is 0.600. The summed E-state index contributed by atoms with van der Waals surface area (Å²) in [6, 6.07) is 0. The quantitative estimate of drug-likeness (QED) is 0.655. The largest absolute Gasteiger partial charge is 0.301 e. The van der Waals surface area contributed by atoms with Crippen molar-refractivity contribution in [2.75, 3.05) is 25.5 Å². The summed E-state index contributed by atoms with van der Waals surface area (Å²) in [4.78, 5) is 2.54. The Kier molecular flexibility index (Phi) is 4.77. The molecule has 1 rings (SSSR count). The van der Waals surface area contributed by atoms with Gasteiger partial charge in [0.15, 0.2) is 0 Å². The Morgan fingerprint density at radius 2 is 1.92 bits per heavy atom. The summed E-state index contributed by atoms with van der Waals surface area (Å²) in [5.74, 6) is 0.798. The van der Waals surface area contributed by atoms with E-state index in [2.05, 4.69) is 30.5 Å². The van der Waals surface area contributed by atoms with Gasteiger partial charge in [-0.05, 0) is 13.0 Å². The van der Waals surface area contributed by atoms with Gasteiger partial charge >= 0.3 is 0 Å². The summed E-state index contributed by atoms with van der Waals surface area (Å²) in [5.41, 5.74) is 0. The van der Waals surface area contributed by atoms with Crippen molar-refractivity contribution in [3.05, 3.63) is 0 Å². The molecule has 0 spiro atoms. The monoisotopic (exact) mass is 207 g/mol. The Morgan fingerprint density at radius 1 is 1.33 bits per heavy atom. The number of halogens is 1. The molecule has 0 aromatic rings. The van der Waals surface area contributed by atoms with Gasteiger partial charge in [-0.15, -0.1) is 11.6 Å². The van der Waals surface area contributed by atoms with E-state index in [0.717, 1.165) is 22.8 Å². The van der Waals surface area contributed by atoms with Crippen molar-refractivity contribution in [1.29, 1.82) is 0 Å². The predicted molar refractivity (Wildman–Crippen MR) is 58.3 cm³/mol. The van der Waals surface area contributed by atoms with Crippen LogP contribution in [-0.4, -0.2) is 40.9 Å². The fourth-order valence-corrected chi connectivity index (χ4v) is 3.26. The molecule has 12 heavy (non-hydrogen) atoms. The van der Waals surface area contributed by atoms with Crippen LogP contribution in [0.3, 0.4) is 0 Å². The van der Waals surface area contributed by atoms with Crippen molar-refractivity contribution in [2.45, 2.75) is 30.8 Å². The Bertz CT molecular complexity index is 122. The molecule has 0 amide bonds. The van der Waals surface area contributed by atoms with Crippen LogP contribution in [-0.2, 0) is 0 Å². The minimum absolute atomic E-state index is 0.795. The molecule has 3 heteroatoms. The molecule has 0 N–H and O–H groups in total. The fraction of sp³-hybridized carbons (Fsp3) is 1.00. The number of nitrogens with zero attached hydrogens (tertiary/aromatic N) is 1. The molecule has 1 aliphatic rings. The van der Waals surface area contributed by atoms with Gasteiger partial charge in [0, 0.05) is 29.5 Å². The van der Waals surface area contributed by atoms with Crippen molar-refractivity contribution >= 4 is 23.4 Å². The van der Waals surface area contributed by atoms with E-state index in [1.165, 1.54) is 19.6 Å². The van der Waals surface area contributed by atoms with E-state index in [-0.39, 0.29) is 0 Å². The van der Waals surface area contributed by atoms with Crippen LogP contribution >= 0.6 is 23.4 Å². The molecule has 72 valence electrons. The minimum atomic E-state index is 0.795. The average Bonchev–Trinajstić information content (AvgIpc) is 1.99. The van der Waals surface area contributed by atoms with Crippen LogP contribution in [0.25, 0.3) is 0 Å². The zero-order valence-corrected chi connectivity index (χ0v) is 9.50. The lowest BCUT2D eigenvalue weighted by Crippen LogP contribution is -2.40. The second-order valence-corrected chi connectivity index (χ2v) is 5.82. The van der Waals surface area contributed by atoms with Gasteiger partial charge in [-0.1, -0.05) is 13.8 Å². The highest BCUT2D eigenvalue weighted by atomic mass is 35.5. The average molecular weight is 208 g/mol. The molecule has 2 atom stereocenters. The van der Waals surface area contributed by atoms with E-state index in [9.17, 15) is 0 Å². The van der Waals surface area contributed by atoms with E-state index in [4.69, 9.17) is 11.6 Å². The van der Waals surface area contributed by atoms with Gasteiger partial charge in [-0.3, -0.25) is 0 Å². The molecule has 1 aliphatic heterocycles. The van der Waals surface area contributed by atoms with Crippen LogP contribution in [0.1, 0.15) is 20.3 Å². The number of rotatable bonds is 3. The molecule has 1 nitrogen and oxygen atoms in total. The summed E-state index contributed by atoms with van der Waals surface area (Å²) >= 11 is 7.77. The molecule has 0 aliphatic carbocycles. The third-order valence-corrected chi connectivity index (χ3v) is 3.60. The van der Waals surface area contributed by atoms with Gasteiger partial charge in [0.2, 0.25) is 0 Å². The Morgan fingerprint density at radius 3 is 2.42 bits per heavy atom. The minimum Gasteiger partial charge on any atom is -0.301 e. The van der Waals surface area contributed by atoms with Crippen LogP contribution in [0, 0.1) is 0 Å². The third kappa shape index (κ3) is 3.55. The first-order valence-electron chi connectivity index (χ1n) is 4.66. The molecule has 0 radical (unpaired) electrons. The normalized spacial score (nSPS) is 32.2. The van der Waals surface area contributed by atoms with Gasteiger partial charge in [0.1, 0.15) is 0 Å². The molecule has 1 saturated heterocycles. The van der Waals surface area contributed by atoms with Crippen LogP contribution in [0.4, 0.5) is 0 Å². The first-order chi connectivity index (χ1) is 5.72. The third-order valence-electron chi connectivity index (χ3n) is 2.10. The molecule has 0 aromatic carbocycles. The molecule has 0 saturated carbocycles. The van der Waals surface area contributed by atoms with Crippen LogP contribution in [0.15, 0.2) is 0 Å². The highest BCUT2D eigenvalue weighted by molar-refractivity contribution is 8.00. The lowest BCUT2D eigenvalue weighted by atomic mass is 10.3. The highest BCUT2D eigenvalue weighted by Crippen LogP contribution is 2.24. The number of alkyl halides is 1. The zero-order valence-electron chi connectivity index (χ0n) is 7.92. The van der Waals surface area contributed by atoms with Crippen LogP contribution in [0.5, 0.6) is 0 Å². The van der Waals surface area contributed by atoms with Crippen molar-refractivity contribution in [2.24, 2.45) is 0 Å². The van der Waals surface area contributed by atoms with Crippen molar-refractivity contribution in [3.63, 3.8) is 0 Å². The van der Waals surface area contributed by atoms with Gasteiger partial charge in [0.25, 0.3) is 0 Å². The SMILES string of the molecule is CC1CN(CCCCl)CC(C)S1. The van der Waals surface area contributed by atoms with Crippen molar-refractivity contribution in [1.82, 2.24) is 4.90 Å². The van der Waals surface area contributed by atoms with E-state index < -0.39 is 0 Å². The zero-order chi connectivity index (χ0) is 8.97. The van der Waals surface area contributed by atoms with E-state index in [0.29, 0.717) is 0 Å². The molecule has 2 unspecified atom stereocenters. The number of hydrogen-bond acceptors (Lipinski definition) is 2. The summed E-state index contributed by atoms with van der Waals surface area (Å²) < 4.78 is 0. The molecular weight excluding hydrogens is 190 g/mol. The van der Waals surface area contributed by atoms with Gasteiger partial charge in [-0.2, -0.15) is 11.8 Å². The van der Waals surface area contributed by atoms with Gasteiger partial charge < -0.3 is 4.90 Å². The number of thioether (sulfide) groups is 1. The first kappa shape index (κ1) is 10.7. The standard InChI is InChI=1S/C9H18ClNS/c1-8-6-11(5-3-4-10)7-9(2)12-8/h8-9H,3-7H2,1-2H3. The highest BCUT2D eigenvalue weighted by Gasteiger charge is 2.21. The van der Waals surface area contributed by atoms with Crippen LogP contribution < -0.4 is 0 Å². The van der Waals surface area contributed by atoms with E-state index >= 15 is 0 Å². The van der Waals surface area contributed by atoms with Crippen molar-refractivity contribution in [3.8, 4) is 0 Å². The number of hydrogen-bond donors (Lipinski definition) is 0. The molecular formula is C9H18ClNS. The maximum absolute atomic E-state index is 5.66. The molecule has 0 bridgehead atoms. The van der Waals surface area contributed by atoms with E-state index in [1.54, 1.807) is 0 Å². The summed E-state index contributed by atoms with van der Waals surface area (Å²) in [6.45, 7) is 8.29.